The van der Waals surface area contributed by atoms with Gasteiger partial charge in [0.25, 0.3) is 5.91 Å². The normalized spacial score (nSPS) is 10.5. The lowest BCUT2D eigenvalue weighted by Gasteiger charge is -2.05. The number of benzene rings is 2. The minimum absolute atomic E-state index is 0.167. The predicted molar refractivity (Wildman–Crippen MR) is 93.5 cm³/mol. The average molecular weight is 345 g/mol. The number of nitrogens with two attached hydrogens (primary N) is 1. The number of ether oxygens (including phenoxy) is 1. The zero-order valence-electron chi connectivity index (χ0n) is 12.9. The largest absolute Gasteiger partial charge is 0.484 e. The van der Waals surface area contributed by atoms with Crippen LogP contribution in [0, 0.1) is 0 Å². The van der Waals surface area contributed by atoms with Crippen molar-refractivity contribution in [2.75, 3.05) is 6.61 Å². The van der Waals surface area contributed by atoms with E-state index in [0.717, 1.165) is 11.1 Å². The minimum atomic E-state index is -0.533. The molecule has 0 aromatic heterocycles. The van der Waals surface area contributed by atoms with E-state index < -0.39 is 5.91 Å². The summed E-state index contributed by atoms with van der Waals surface area (Å²) in [6.45, 7) is 0.197. The fourth-order valence-corrected chi connectivity index (χ4v) is 2.09. The summed E-state index contributed by atoms with van der Waals surface area (Å²) < 4.78 is 5.16. The predicted octanol–water partition coefficient (Wildman–Crippen LogP) is 2.53. The summed E-state index contributed by atoms with van der Waals surface area (Å²) in [6.07, 6.45) is 3.12. The molecule has 0 saturated carbocycles. The second-order valence-electron chi connectivity index (χ2n) is 4.97. The molecule has 24 heavy (non-hydrogen) atoms. The molecule has 0 heterocycles. The van der Waals surface area contributed by atoms with E-state index in [-0.39, 0.29) is 12.5 Å². The number of halogens is 1. The van der Waals surface area contributed by atoms with Gasteiger partial charge in [0, 0.05) is 17.6 Å². The monoisotopic (exact) mass is 344 g/mol. The smallest absolute Gasteiger partial charge is 0.255 e. The van der Waals surface area contributed by atoms with E-state index in [0.29, 0.717) is 17.3 Å². The molecule has 5 nitrogen and oxygen atoms in total. The van der Waals surface area contributed by atoms with Crippen LogP contribution in [0.3, 0.4) is 0 Å². The van der Waals surface area contributed by atoms with E-state index in [1.54, 1.807) is 36.4 Å². The number of nitrogens with one attached hydrogen (secondary N) is 1. The van der Waals surface area contributed by atoms with Gasteiger partial charge in [0.15, 0.2) is 6.61 Å². The van der Waals surface area contributed by atoms with Crippen LogP contribution in [-0.4, -0.2) is 18.4 Å². The molecule has 2 aromatic carbocycles. The van der Waals surface area contributed by atoms with Gasteiger partial charge in [-0.25, -0.2) is 0 Å². The van der Waals surface area contributed by atoms with E-state index >= 15 is 0 Å². The Kier molecular flexibility index (Phi) is 6.40. The Bertz CT molecular complexity index is 742. The third-order valence-corrected chi connectivity index (χ3v) is 3.47. The van der Waals surface area contributed by atoms with Gasteiger partial charge in [-0.05, 0) is 35.4 Å². The minimum Gasteiger partial charge on any atom is -0.484 e. The summed E-state index contributed by atoms with van der Waals surface area (Å²) >= 11 is 6.03. The second-order valence-corrected chi connectivity index (χ2v) is 5.37. The summed E-state index contributed by atoms with van der Waals surface area (Å²) in [6, 6.07) is 14.3. The van der Waals surface area contributed by atoms with Crippen LogP contribution in [0.15, 0.2) is 54.6 Å². The molecular formula is C18H17ClN2O3. The zero-order valence-corrected chi connectivity index (χ0v) is 13.6. The van der Waals surface area contributed by atoms with Crippen molar-refractivity contribution in [1.29, 1.82) is 0 Å². The van der Waals surface area contributed by atoms with E-state index in [1.165, 1.54) is 6.08 Å². The molecule has 0 radical (unpaired) electrons. The maximum Gasteiger partial charge on any atom is 0.255 e. The molecule has 124 valence electrons. The number of carbonyl (C=O) groups is 2. The Morgan fingerprint density at radius 2 is 1.83 bits per heavy atom. The van der Waals surface area contributed by atoms with Crippen molar-refractivity contribution in [3.63, 3.8) is 0 Å². The summed E-state index contributed by atoms with van der Waals surface area (Å²) in [5.74, 6) is -0.216. The first-order valence-electron chi connectivity index (χ1n) is 7.25. The fourth-order valence-electron chi connectivity index (χ4n) is 1.88. The number of primary amides is 1. The highest BCUT2D eigenvalue weighted by Gasteiger charge is 2.01. The lowest BCUT2D eigenvalue weighted by atomic mass is 10.2. The van der Waals surface area contributed by atoms with Crippen LogP contribution in [0.2, 0.25) is 5.02 Å². The van der Waals surface area contributed by atoms with E-state index in [2.05, 4.69) is 5.32 Å². The molecule has 6 heteroatoms. The lowest BCUT2D eigenvalue weighted by molar-refractivity contribution is -0.120. The first kappa shape index (κ1) is 17.6. The highest BCUT2D eigenvalue weighted by atomic mass is 35.5. The Labute approximate surface area is 145 Å². The van der Waals surface area contributed by atoms with Crippen LogP contribution in [0.1, 0.15) is 11.1 Å². The highest BCUT2D eigenvalue weighted by molar-refractivity contribution is 6.31. The zero-order chi connectivity index (χ0) is 17.4. The third-order valence-electron chi connectivity index (χ3n) is 3.10. The number of hydrogen-bond acceptors (Lipinski definition) is 3. The van der Waals surface area contributed by atoms with Gasteiger partial charge in [0.2, 0.25) is 5.91 Å². The van der Waals surface area contributed by atoms with Gasteiger partial charge in [-0.15, -0.1) is 0 Å². The van der Waals surface area contributed by atoms with Crippen molar-refractivity contribution in [3.8, 4) is 5.75 Å². The number of rotatable bonds is 7. The first-order chi connectivity index (χ1) is 11.5. The molecule has 0 fully saturated rings. The van der Waals surface area contributed by atoms with Crippen LogP contribution in [0.5, 0.6) is 5.75 Å². The molecule has 0 atom stereocenters. The number of hydrogen-bond donors (Lipinski definition) is 2. The van der Waals surface area contributed by atoms with Crippen molar-refractivity contribution in [1.82, 2.24) is 5.32 Å². The molecular weight excluding hydrogens is 328 g/mol. The summed E-state index contributed by atoms with van der Waals surface area (Å²) in [4.78, 5) is 22.5. The quantitative estimate of drug-likeness (QED) is 0.757. The number of carbonyl (C=O) groups excluding carboxylic acids is 2. The highest BCUT2D eigenvalue weighted by Crippen LogP contribution is 2.15. The van der Waals surface area contributed by atoms with Gasteiger partial charge in [-0.2, -0.15) is 0 Å². The third kappa shape index (κ3) is 5.78. The Hall–Kier alpha value is -2.79. The molecule has 0 aliphatic carbocycles. The van der Waals surface area contributed by atoms with E-state index in [4.69, 9.17) is 22.1 Å². The van der Waals surface area contributed by atoms with Crippen molar-refractivity contribution in [2.45, 2.75) is 6.54 Å². The van der Waals surface area contributed by atoms with Crippen molar-refractivity contribution in [3.05, 3.63) is 70.8 Å². The van der Waals surface area contributed by atoms with Gasteiger partial charge in [0.05, 0.1) is 0 Å². The summed E-state index contributed by atoms with van der Waals surface area (Å²) in [7, 11) is 0. The standard InChI is InChI=1S/C18H17ClN2O3/c19-16-4-2-1-3-14(16)11-21-18(23)10-7-13-5-8-15(9-6-13)24-12-17(20)22/h1-10H,11-12H2,(H2,20,22)(H,21,23)/b10-7+. The lowest BCUT2D eigenvalue weighted by Crippen LogP contribution is -2.20. The van der Waals surface area contributed by atoms with Crippen LogP contribution in [-0.2, 0) is 16.1 Å². The molecule has 3 N–H and O–H groups in total. The van der Waals surface area contributed by atoms with Crippen molar-refractivity contribution < 1.29 is 14.3 Å². The Morgan fingerprint density at radius 1 is 1.12 bits per heavy atom. The van der Waals surface area contributed by atoms with Crippen LogP contribution in [0.25, 0.3) is 6.08 Å². The molecule has 0 spiro atoms. The molecule has 2 rings (SSSR count). The second kappa shape index (κ2) is 8.74. The Balaban J connectivity index is 1.85. The van der Waals surface area contributed by atoms with Crippen molar-refractivity contribution >= 4 is 29.5 Å². The van der Waals surface area contributed by atoms with E-state index in [9.17, 15) is 9.59 Å². The van der Waals surface area contributed by atoms with Crippen molar-refractivity contribution in [2.24, 2.45) is 5.73 Å². The molecule has 0 unspecified atom stereocenters. The SMILES string of the molecule is NC(=O)COc1ccc(/C=C/C(=O)NCc2ccccc2Cl)cc1. The fraction of sp³-hybridized carbons (Fsp3) is 0.111. The summed E-state index contributed by atoms with van der Waals surface area (Å²) in [5, 5.41) is 3.39. The van der Waals surface area contributed by atoms with Crippen LogP contribution < -0.4 is 15.8 Å². The number of amides is 2. The molecule has 2 aromatic rings. The van der Waals surface area contributed by atoms with Gasteiger partial charge in [-0.3, -0.25) is 9.59 Å². The topological polar surface area (TPSA) is 81.4 Å². The van der Waals surface area contributed by atoms with Gasteiger partial charge in [0.1, 0.15) is 5.75 Å². The van der Waals surface area contributed by atoms with Gasteiger partial charge < -0.3 is 15.8 Å². The van der Waals surface area contributed by atoms with Crippen LogP contribution in [0.4, 0.5) is 0 Å². The molecule has 2 amide bonds. The average Bonchev–Trinajstić information content (AvgIpc) is 2.58. The first-order valence-corrected chi connectivity index (χ1v) is 7.63. The summed E-state index contributed by atoms with van der Waals surface area (Å²) in [5.41, 5.74) is 6.69. The molecule has 0 saturated heterocycles. The molecule has 0 aliphatic rings. The van der Waals surface area contributed by atoms with Gasteiger partial charge >= 0.3 is 0 Å². The van der Waals surface area contributed by atoms with Crippen LogP contribution >= 0.6 is 11.6 Å². The maximum absolute atomic E-state index is 11.8. The van der Waals surface area contributed by atoms with Gasteiger partial charge in [-0.1, -0.05) is 41.9 Å². The van der Waals surface area contributed by atoms with E-state index in [1.807, 2.05) is 18.2 Å². The molecule has 0 bridgehead atoms. The maximum atomic E-state index is 11.8. The Morgan fingerprint density at radius 3 is 2.50 bits per heavy atom. The molecule has 0 aliphatic heterocycles.